The Hall–Kier alpha value is -2.82. The van der Waals surface area contributed by atoms with Crippen LogP contribution in [0.25, 0.3) is 0 Å². The van der Waals surface area contributed by atoms with E-state index in [4.69, 9.17) is 4.74 Å². The Morgan fingerprint density at radius 1 is 1.13 bits per heavy atom. The molecule has 158 valence electrons. The van der Waals surface area contributed by atoms with Crippen LogP contribution >= 0.6 is 0 Å². The zero-order valence-corrected chi connectivity index (χ0v) is 17.7. The van der Waals surface area contributed by atoms with E-state index >= 15 is 0 Å². The molecule has 2 aliphatic rings. The maximum absolute atomic E-state index is 13.1. The minimum absolute atomic E-state index is 0.00580. The van der Waals surface area contributed by atoms with E-state index in [0.717, 1.165) is 30.4 Å². The first-order valence-electron chi connectivity index (χ1n) is 11.0. The van der Waals surface area contributed by atoms with E-state index in [-0.39, 0.29) is 24.5 Å². The summed E-state index contributed by atoms with van der Waals surface area (Å²) in [6, 6.07) is 14.1. The Morgan fingerprint density at radius 3 is 2.73 bits per heavy atom. The van der Waals surface area contributed by atoms with Crippen LogP contribution in [0, 0.1) is 6.92 Å². The highest BCUT2D eigenvalue weighted by Gasteiger charge is 2.27. The van der Waals surface area contributed by atoms with Gasteiger partial charge in [0.15, 0.2) is 6.61 Å². The standard InChI is InChI=1S/C25H30N2O3/c1-18-7-5-8-19(15-18)16-27-14-13-21-22(25(27)29)11-6-12-23(21)30-17-24(28)26-20-9-3-2-4-10-20/h5-8,11-12,15,20H,2-4,9-10,13-14,16-17H2,1H3,(H,26,28). The normalized spacial score (nSPS) is 16.8. The van der Waals surface area contributed by atoms with Crippen LogP contribution in [0.15, 0.2) is 42.5 Å². The third-order valence-electron chi connectivity index (χ3n) is 6.07. The van der Waals surface area contributed by atoms with E-state index in [1.165, 1.54) is 24.8 Å². The predicted molar refractivity (Wildman–Crippen MR) is 117 cm³/mol. The van der Waals surface area contributed by atoms with Gasteiger partial charge >= 0.3 is 0 Å². The van der Waals surface area contributed by atoms with E-state index in [0.29, 0.717) is 24.4 Å². The van der Waals surface area contributed by atoms with Gasteiger partial charge in [0, 0.05) is 30.3 Å². The van der Waals surface area contributed by atoms with Crippen LogP contribution < -0.4 is 10.1 Å². The molecule has 1 aliphatic carbocycles. The highest BCUT2D eigenvalue weighted by molar-refractivity contribution is 5.97. The summed E-state index contributed by atoms with van der Waals surface area (Å²) in [7, 11) is 0. The molecule has 1 N–H and O–H groups in total. The molecule has 0 saturated heterocycles. The lowest BCUT2D eigenvalue weighted by atomic mass is 9.95. The fourth-order valence-electron chi connectivity index (χ4n) is 4.52. The summed E-state index contributed by atoms with van der Waals surface area (Å²) in [6.45, 7) is 3.31. The molecule has 30 heavy (non-hydrogen) atoms. The van der Waals surface area contributed by atoms with E-state index in [2.05, 4.69) is 30.4 Å². The van der Waals surface area contributed by atoms with Crippen molar-refractivity contribution in [2.75, 3.05) is 13.2 Å². The first kappa shape index (κ1) is 20.5. The Morgan fingerprint density at radius 2 is 1.93 bits per heavy atom. The van der Waals surface area contributed by atoms with Gasteiger partial charge in [-0.3, -0.25) is 9.59 Å². The maximum Gasteiger partial charge on any atom is 0.258 e. The van der Waals surface area contributed by atoms with Crippen molar-refractivity contribution < 1.29 is 14.3 Å². The van der Waals surface area contributed by atoms with Gasteiger partial charge in [-0.15, -0.1) is 0 Å². The highest BCUT2D eigenvalue weighted by Crippen LogP contribution is 2.29. The number of nitrogens with one attached hydrogen (secondary N) is 1. The molecule has 0 spiro atoms. The molecule has 1 saturated carbocycles. The van der Waals surface area contributed by atoms with Gasteiger partial charge in [0.05, 0.1) is 0 Å². The number of amides is 2. The summed E-state index contributed by atoms with van der Waals surface area (Å²) >= 11 is 0. The second kappa shape index (κ2) is 9.33. The zero-order valence-electron chi connectivity index (χ0n) is 17.7. The molecule has 0 atom stereocenters. The number of benzene rings is 2. The van der Waals surface area contributed by atoms with Crippen molar-refractivity contribution in [3.05, 3.63) is 64.7 Å². The largest absolute Gasteiger partial charge is 0.483 e. The molecular formula is C25H30N2O3. The lowest BCUT2D eigenvalue weighted by Gasteiger charge is -2.30. The van der Waals surface area contributed by atoms with Gasteiger partial charge in [0.1, 0.15) is 5.75 Å². The molecule has 0 unspecified atom stereocenters. The Kier molecular flexibility index (Phi) is 6.36. The SMILES string of the molecule is Cc1cccc(CN2CCc3c(OCC(=O)NC4CCCCC4)cccc3C2=O)c1. The number of hydrogen-bond donors (Lipinski definition) is 1. The number of aryl methyl sites for hydroxylation is 1. The second-order valence-corrected chi connectivity index (χ2v) is 8.44. The number of ether oxygens (including phenoxy) is 1. The number of fused-ring (bicyclic) bond motifs is 1. The van der Waals surface area contributed by atoms with Crippen LogP contribution in [0.3, 0.4) is 0 Å². The second-order valence-electron chi connectivity index (χ2n) is 8.44. The smallest absolute Gasteiger partial charge is 0.258 e. The molecule has 5 nitrogen and oxygen atoms in total. The van der Waals surface area contributed by atoms with Crippen LogP contribution in [0.4, 0.5) is 0 Å². The van der Waals surface area contributed by atoms with Gasteiger partial charge in [-0.25, -0.2) is 0 Å². The Labute approximate surface area is 178 Å². The van der Waals surface area contributed by atoms with Gasteiger partial charge in [-0.05, 0) is 43.9 Å². The van der Waals surface area contributed by atoms with Gasteiger partial charge in [-0.1, -0.05) is 55.2 Å². The minimum Gasteiger partial charge on any atom is -0.483 e. The molecule has 5 heteroatoms. The van der Waals surface area contributed by atoms with Crippen molar-refractivity contribution in [1.82, 2.24) is 10.2 Å². The molecule has 1 aliphatic heterocycles. The third-order valence-corrected chi connectivity index (χ3v) is 6.07. The van der Waals surface area contributed by atoms with Crippen molar-refractivity contribution in [2.24, 2.45) is 0 Å². The van der Waals surface area contributed by atoms with E-state index in [1.54, 1.807) is 0 Å². The monoisotopic (exact) mass is 406 g/mol. The highest BCUT2D eigenvalue weighted by atomic mass is 16.5. The summed E-state index contributed by atoms with van der Waals surface area (Å²) in [5.74, 6) is 0.590. The van der Waals surface area contributed by atoms with Crippen LogP contribution in [-0.2, 0) is 17.8 Å². The number of carbonyl (C=O) groups excluding carboxylic acids is 2. The summed E-state index contributed by atoms with van der Waals surface area (Å²) in [6.07, 6.45) is 6.45. The van der Waals surface area contributed by atoms with Crippen molar-refractivity contribution in [3.8, 4) is 5.75 Å². The number of nitrogens with zero attached hydrogens (tertiary/aromatic N) is 1. The number of carbonyl (C=O) groups is 2. The van der Waals surface area contributed by atoms with Gasteiger partial charge < -0.3 is 15.0 Å². The first-order chi connectivity index (χ1) is 14.6. The van der Waals surface area contributed by atoms with Crippen LogP contribution in [0.5, 0.6) is 5.75 Å². The minimum atomic E-state index is -0.0808. The van der Waals surface area contributed by atoms with Gasteiger partial charge in [0.2, 0.25) is 0 Å². The fraction of sp³-hybridized carbons (Fsp3) is 0.440. The maximum atomic E-state index is 13.1. The molecule has 0 radical (unpaired) electrons. The molecule has 0 aromatic heterocycles. The van der Waals surface area contributed by atoms with Crippen molar-refractivity contribution in [3.63, 3.8) is 0 Å². The molecule has 1 fully saturated rings. The summed E-state index contributed by atoms with van der Waals surface area (Å²) in [5, 5.41) is 3.08. The van der Waals surface area contributed by atoms with Crippen molar-refractivity contribution >= 4 is 11.8 Å². The molecule has 2 amide bonds. The fourth-order valence-corrected chi connectivity index (χ4v) is 4.52. The quantitative estimate of drug-likeness (QED) is 0.788. The molecule has 2 aromatic carbocycles. The Bertz CT molecular complexity index is 918. The van der Waals surface area contributed by atoms with Crippen molar-refractivity contribution in [2.45, 2.75) is 58.0 Å². The first-order valence-corrected chi connectivity index (χ1v) is 11.0. The molecule has 0 bridgehead atoms. The molecule has 2 aromatic rings. The summed E-state index contributed by atoms with van der Waals surface area (Å²) in [5.41, 5.74) is 3.92. The van der Waals surface area contributed by atoms with E-state index in [9.17, 15) is 9.59 Å². The lowest BCUT2D eigenvalue weighted by molar-refractivity contribution is -0.124. The average molecular weight is 407 g/mol. The number of rotatable bonds is 6. The van der Waals surface area contributed by atoms with Crippen LogP contribution in [0.1, 0.15) is 59.2 Å². The van der Waals surface area contributed by atoms with Gasteiger partial charge in [-0.2, -0.15) is 0 Å². The summed E-state index contributed by atoms with van der Waals surface area (Å²) in [4.78, 5) is 27.2. The predicted octanol–water partition coefficient (Wildman–Crippen LogP) is 4.02. The topological polar surface area (TPSA) is 58.6 Å². The Balaban J connectivity index is 1.39. The number of hydrogen-bond acceptors (Lipinski definition) is 3. The molecule has 4 rings (SSSR count). The van der Waals surface area contributed by atoms with E-state index in [1.807, 2.05) is 29.2 Å². The lowest BCUT2D eigenvalue weighted by Crippen LogP contribution is -2.39. The van der Waals surface area contributed by atoms with Crippen LogP contribution in [0.2, 0.25) is 0 Å². The van der Waals surface area contributed by atoms with Crippen LogP contribution in [-0.4, -0.2) is 35.9 Å². The third kappa shape index (κ3) is 4.84. The molecular weight excluding hydrogens is 376 g/mol. The average Bonchev–Trinajstić information content (AvgIpc) is 2.75. The van der Waals surface area contributed by atoms with E-state index < -0.39 is 0 Å². The van der Waals surface area contributed by atoms with Crippen molar-refractivity contribution in [1.29, 1.82) is 0 Å². The summed E-state index contributed by atoms with van der Waals surface area (Å²) < 4.78 is 5.84. The molecule has 1 heterocycles. The zero-order chi connectivity index (χ0) is 20.9. The van der Waals surface area contributed by atoms with Gasteiger partial charge in [0.25, 0.3) is 11.8 Å².